The highest BCUT2D eigenvalue weighted by atomic mass is 35.5. The van der Waals surface area contributed by atoms with Crippen LogP contribution in [-0.4, -0.2) is 28.5 Å². The molecule has 1 heterocycles. The summed E-state index contributed by atoms with van der Waals surface area (Å²) in [5.74, 6) is 1.33. The predicted octanol–water partition coefficient (Wildman–Crippen LogP) is 4.28. The molecule has 0 spiro atoms. The van der Waals surface area contributed by atoms with Crippen molar-refractivity contribution < 1.29 is 4.79 Å². The SMILES string of the molecule is CC(C)NC(=O)CCNc1nc(-c2ccccc2)nc2cc(Cl)ccc12. The average molecular weight is 369 g/mol. The maximum atomic E-state index is 11.8. The molecule has 0 atom stereocenters. The molecule has 0 aliphatic carbocycles. The molecule has 1 amide bonds. The zero-order chi connectivity index (χ0) is 18.5. The Hall–Kier alpha value is -2.66. The van der Waals surface area contributed by atoms with Crippen LogP contribution in [0.1, 0.15) is 20.3 Å². The van der Waals surface area contributed by atoms with Gasteiger partial charge in [0.15, 0.2) is 5.82 Å². The number of benzene rings is 2. The number of anilines is 1. The molecule has 5 nitrogen and oxygen atoms in total. The summed E-state index contributed by atoms with van der Waals surface area (Å²) in [6, 6.07) is 15.4. The third-order valence-electron chi connectivity index (χ3n) is 3.79. The standard InChI is InChI=1S/C20H21ClN4O/c1-13(2)23-18(26)10-11-22-20-16-9-8-15(21)12-17(16)24-19(25-20)14-6-4-3-5-7-14/h3-9,12-13H,10-11H2,1-2H3,(H,23,26)(H,22,24,25). The van der Waals surface area contributed by atoms with E-state index in [1.54, 1.807) is 0 Å². The number of hydrogen-bond donors (Lipinski definition) is 2. The molecule has 1 aromatic heterocycles. The van der Waals surface area contributed by atoms with E-state index in [2.05, 4.69) is 20.6 Å². The summed E-state index contributed by atoms with van der Waals surface area (Å²) in [4.78, 5) is 21.1. The second kappa shape index (κ2) is 8.15. The van der Waals surface area contributed by atoms with Gasteiger partial charge in [0.2, 0.25) is 5.91 Å². The van der Waals surface area contributed by atoms with E-state index in [-0.39, 0.29) is 11.9 Å². The zero-order valence-electron chi connectivity index (χ0n) is 14.8. The van der Waals surface area contributed by atoms with Crippen molar-refractivity contribution in [3.63, 3.8) is 0 Å². The Morgan fingerprint density at radius 2 is 1.88 bits per heavy atom. The fourth-order valence-electron chi connectivity index (χ4n) is 2.64. The molecular weight excluding hydrogens is 348 g/mol. The number of nitrogens with zero attached hydrogens (tertiary/aromatic N) is 2. The van der Waals surface area contributed by atoms with E-state index >= 15 is 0 Å². The Balaban J connectivity index is 1.89. The monoisotopic (exact) mass is 368 g/mol. The van der Waals surface area contributed by atoms with Gasteiger partial charge in [-0.1, -0.05) is 41.9 Å². The summed E-state index contributed by atoms with van der Waals surface area (Å²) in [5, 5.41) is 7.64. The second-order valence-electron chi connectivity index (χ2n) is 6.32. The van der Waals surface area contributed by atoms with Crippen LogP contribution >= 0.6 is 11.6 Å². The molecule has 134 valence electrons. The minimum Gasteiger partial charge on any atom is -0.369 e. The Morgan fingerprint density at radius 1 is 1.12 bits per heavy atom. The quantitative estimate of drug-likeness (QED) is 0.681. The molecule has 0 saturated carbocycles. The molecule has 0 radical (unpaired) electrons. The number of carbonyl (C=O) groups excluding carboxylic acids is 1. The largest absolute Gasteiger partial charge is 0.369 e. The van der Waals surface area contributed by atoms with Gasteiger partial charge in [-0.05, 0) is 32.0 Å². The molecule has 0 aliphatic rings. The first kappa shape index (κ1) is 18.1. The van der Waals surface area contributed by atoms with Crippen LogP contribution in [0.2, 0.25) is 5.02 Å². The average Bonchev–Trinajstić information content (AvgIpc) is 2.61. The van der Waals surface area contributed by atoms with Crippen LogP contribution in [-0.2, 0) is 4.79 Å². The van der Waals surface area contributed by atoms with Gasteiger partial charge < -0.3 is 10.6 Å². The molecule has 0 fully saturated rings. The fourth-order valence-corrected chi connectivity index (χ4v) is 2.81. The van der Waals surface area contributed by atoms with Crippen molar-refractivity contribution in [1.82, 2.24) is 15.3 Å². The molecule has 0 bridgehead atoms. The lowest BCUT2D eigenvalue weighted by Crippen LogP contribution is -2.31. The van der Waals surface area contributed by atoms with Crippen molar-refractivity contribution >= 4 is 34.2 Å². The Kier molecular flexibility index (Phi) is 5.68. The molecule has 2 N–H and O–H groups in total. The lowest BCUT2D eigenvalue weighted by molar-refractivity contribution is -0.121. The number of hydrogen-bond acceptors (Lipinski definition) is 4. The third-order valence-corrected chi connectivity index (χ3v) is 4.02. The zero-order valence-corrected chi connectivity index (χ0v) is 15.5. The summed E-state index contributed by atoms with van der Waals surface area (Å²) in [6.07, 6.45) is 0.373. The van der Waals surface area contributed by atoms with Gasteiger partial charge in [-0.25, -0.2) is 9.97 Å². The van der Waals surface area contributed by atoms with Gasteiger partial charge in [0, 0.05) is 35.0 Å². The first-order valence-corrected chi connectivity index (χ1v) is 8.96. The van der Waals surface area contributed by atoms with Gasteiger partial charge in [0.1, 0.15) is 5.82 Å². The van der Waals surface area contributed by atoms with Crippen LogP contribution in [0.3, 0.4) is 0 Å². The van der Waals surface area contributed by atoms with Gasteiger partial charge >= 0.3 is 0 Å². The van der Waals surface area contributed by atoms with Crippen molar-refractivity contribution in [1.29, 1.82) is 0 Å². The normalized spacial score (nSPS) is 10.9. The van der Waals surface area contributed by atoms with Crippen molar-refractivity contribution in [3.05, 3.63) is 53.6 Å². The molecule has 2 aromatic carbocycles. The molecule has 26 heavy (non-hydrogen) atoms. The molecule has 0 saturated heterocycles. The highest BCUT2D eigenvalue weighted by Crippen LogP contribution is 2.27. The molecule has 6 heteroatoms. The van der Waals surface area contributed by atoms with Crippen LogP contribution in [0.4, 0.5) is 5.82 Å². The van der Waals surface area contributed by atoms with Crippen molar-refractivity contribution in [2.24, 2.45) is 0 Å². The number of halogens is 1. The smallest absolute Gasteiger partial charge is 0.221 e. The number of fused-ring (bicyclic) bond motifs is 1. The van der Waals surface area contributed by atoms with Crippen LogP contribution in [0.25, 0.3) is 22.3 Å². The van der Waals surface area contributed by atoms with Crippen molar-refractivity contribution in [3.8, 4) is 11.4 Å². The summed E-state index contributed by atoms with van der Waals surface area (Å²) < 4.78 is 0. The van der Waals surface area contributed by atoms with E-state index in [4.69, 9.17) is 11.6 Å². The number of carbonyl (C=O) groups is 1. The first-order chi connectivity index (χ1) is 12.5. The maximum absolute atomic E-state index is 11.8. The lowest BCUT2D eigenvalue weighted by Gasteiger charge is -2.12. The third kappa shape index (κ3) is 4.49. The first-order valence-electron chi connectivity index (χ1n) is 8.59. The highest BCUT2D eigenvalue weighted by Gasteiger charge is 2.10. The van der Waals surface area contributed by atoms with E-state index in [1.165, 1.54) is 0 Å². The van der Waals surface area contributed by atoms with Crippen molar-refractivity contribution in [2.45, 2.75) is 26.3 Å². The fraction of sp³-hybridized carbons (Fsp3) is 0.250. The van der Waals surface area contributed by atoms with Crippen LogP contribution in [0, 0.1) is 0 Å². The molecule has 0 aliphatic heterocycles. The highest BCUT2D eigenvalue weighted by molar-refractivity contribution is 6.31. The molecule has 3 aromatic rings. The van der Waals surface area contributed by atoms with E-state index in [0.717, 1.165) is 16.5 Å². The van der Waals surface area contributed by atoms with Crippen LogP contribution in [0.15, 0.2) is 48.5 Å². The second-order valence-corrected chi connectivity index (χ2v) is 6.76. The van der Waals surface area contributed by atoms with E-state index < -0.39 is 0 Å². The minimum absolute atomic E-state index is 0.0113. The number of rotatable bonds is 6. The summed E-state index contributed by atoms with van der Waals surface area (Å²) in [5.41, 5.74) is 1.69. The van der Waals surface area contributed by atoms with E-state index in [0.29, 0.717) is 29.6 Å². The van der Waals surface area contributed by atoms with Crippen molar-refractivity contribution in [2.75, 3.05) is 11.9 Å². The van der Waals surface area contributed by atoms with E-state index in [9.17, 15) is 4.79 Å². The summed E-state index contributed by atoms with van der Waals surface area (Å²) >= 11 is 6.13. The molecule has 0 unspecified atom stereocenters. The summed E-state index contributed by atoms with van der Waals surface area (Å²) in [7, 11) is 0. The Labute approximate surface area is 157 Å². The molecule has 3 rings (SSSR count). The van der Waals surface area contributed by atoms with Gasteiger partial charge in [-0.3, -0.25) is 4.79 Å². The van der Waals surface area contributed by atoms with E-state index in [1.807, 2.05) is 62.4 Å². The number of aromatic nitrogens is 2. The predicted molar refractivity (Wildman–Crippen MR) is 106 cm³/mol. The van der Waals surface area contributed by atoms with Gasteiger partial charge in [0.05, 0.1) is 5.52 Å². The van der Waals surface area contributed by atoms with Crippen LogP contribution in [0.5, 0.6) is 0 Å². The molecular formula is C20H21ClN4O. The maximum Gasteiger partial charge on any atom is 0.221 e. The Bertz CT molecular complexity index is 912. The van der Waals surface area contributed by atoms with Gasteiger partial charge in [-0.15, -0.1) is 0 Å². The number of nitrogens with one attached hydrogen (secondary N) is 2. The topological polar surface area (TPSA) is 66.9 Å². The minimum atomic E-state index is 0.0113. The summed E-state index contributed by atoms with van der Waals surface area (Å²) in [6.45, 7) is 4.37. The Morgan fingerprint density at radius 3 is 2.62 bits per heavy atom. The van der Waals surface area contributed by atoms with Gasteiger partial charge in [0.25, 0.3) is 0 Å². The lowest BCUT2D eigenvalue weighted by atomic mass is 10.2. The van der Waals surface area contributed by atoms with Crippen LogP contribution < -0.4 is 10.6 Å². The van der Waals surface area contributed by atoms with Gasteiger partial charge in [-0.2, -0.15) is 0 Å². The number of amides is 1.